The number of hydrogen-bond donors (Lipinski definition) is 1. The Bertz CT molecular complexity index is 1120. The molecule has 0 fully saturated rings. The molecule has 0 atom stereocenters. The zero-order chi connectivity index (χ0) is 21.7. The van der Waals surface area contributed by atoms with E-state index in [1.807, 2.05) is 0 Å². The van der Waals surface area contributed by atoms with Gasteiger partial charge in [0.15, 0.2) is 18.1 Å². The number of aromatic nitrogens is 2. The number of nitro benzene ring substituents is 1. The molecular weight excluding hydrogens is 416 g/mol. The molecule has 0 aliphatic rings. The van der Waals surface area contributed by atoms with E-state index in [4.69, 9.17) is 14.2 Å². The first-order valence-electron chi connectivity index (χ1n) is 8.62. The van der Waals surface area contributed by atoms with Crippen molar-refractivity contribution < 1.29 is 28.7 Å². The summed E-state index contributed by atoms with van der Waals surface area (Å²) in [6.07, 6.45) is 0. The van der Waals surface area contributed by atoms with Crippen LogP contribution in [0.2, 0.25) is 0 Å². The maximum atomic E-state index is 12.4. The van der Waals surface area contributed by atoms with E-state index in [1.165, 1.54) is 7.11 Å². The topological polar surface area (TPSA) is 143 Å². The lowest BCUT2D eigenvalue weighted by atomic mass is 10.1. The fraction of sp³-hybridized carbons (Fsp3) is 0.222. The molecular formula is C18H16N4O7S. The van der Waals surface area contributed by atoms with Crippen molar-refractivity contribution in [2.75, 3.05) is 25.6 Å². The first-order valence-corrected chi connectivity index (χ1v) is 9.35. The Morgan fingerprint density at radius 1 is 1.23 bits per heavy atom. The smallest absolute Gasteiger partial charge is 0.345 e. The molecule has 2 aromatic carbocycles. The molecule has 12 heteroatoms. The van der Waals surface area contributed by atoms with Crippen molar-refractivity contribution in [1.29, 1.82) is 0 Å². The summed E-state index contributed by atoms with van der Waals surface area (Å²) in [6.45, 7) is 1.30. The number of amides is 1. The summed E-state index contributed by atoms with van der Waals surface area (Å²) >= 11 is 0.999. The van der Waals surface area contributed by atoms with Crippen LogP contribution >= 0.6 is 11.7 Å². The van der Waals surface area contributed by atoms with Gasteiger partial charge >= 0.3 is 5.97 Å². The molecule has 1 heterocycles. The van der Waals surface area contributed by atoms with E-state index in [0.717, 1.165) is 23.9 Å². The largest absolute Gasteiger partial charge is 0.493 e. The highest BCUT2D eigenvalue weighted by atomic mass is 32.1. The van der Waals surface area contributed by atoms with Crippen LogP contribution in [0.4, 0.5) is 11.4 Å². The number of methoxy groups -OCH3 is 1. The number of fused-ring (bicyclic) bond motifs is 1. The molecule has 30 heavy (non-hydrogen) atoms. The van der Waals surface area contributed by atoms with Crippen LogP contribution in [0.15, 0.2) is 30.3 Å². The van der Waals surface area contributed by atoms with E-state index in [-0.39, 0.29) is 23.7 Å². The zero-order valence-corrected chi connectivity index (χ0v) is 16.7. The zero-order valence-electron chi connectivity index (χ0n) is 15.9. The van der Waals surface area contributed by atoms with Gasteiger partial charge in [-0.2, -0.15) is 8.75 Å². The predicted octanol–water partition coefficient (Wildman–Crippen LogP) is 2.80. The van der Waals surface area contributed by atoms with Crippen LogP contribution in [0.5, 0.6) is 11.5 Å². The van der Waals surface area contributed by atoms with Gasteiger partial charge in [0.25, 0.3) is 11.6 Å². The van der Waals surface area contributed by atoms with E-state index in [2.05, 4.69) is 14.1 Å². The number of benzene rings is 2. The van der Waals surface area contributed by atoms with Gasteiger partial charge in [-0.15, -0.1) is 0 Å². The van der Waals surface area contributed by atoms with Crippen LogP contribution in [0, 0.1) is 10.1 Å². The first-order chi connectivity index (χ1) is 14.4. The highest BCUT2D eigenvalue weighted by molar-refractivity contribution is 7.00. The fourth-order valence-corrected chi connectivity index (χ4v) is 3.14. The Labute approximate surface area is 174 Å². The molecule has 11 nitrogen and oxygen atoms in total. The third-order valence-corrected chi connectivity index (χ3v) is 4.44. The second-order valence-electron chi connectivity index (χ2n) is 5.77. The van der Waals surface area contributed by atoms with Gasteiger partial charge in [0.2, 0.25) is 0 Å². The van der Waals surface area contributed by atoms with Gasteiger partial charge < -0.3 is 19.5 Å². The lowest BCUT2D eigenvalue weighted by Gasteiger charge is -2.11. The maximum Gasteiger partial charge on any atom is 0.345 e. The minimum absolute atomic E-state index is 0.117. The number of carbonyl (C=O) groups excluding carboxylic acids is 2. The molecule has 3 rings (SSSR count). The minimum Gasteiger partial charge on any atom is -0.493 e. The Morgan fingerprint density at radius 2 is 2.03 bits per heavy atom. The van der Waals surface area contributed by atoms with E-state index in [0.29, 0.717) is 16.7 Å². The molecule has 1 aromatic heterocycles. The number of carbonyl (C=O) groups is 2. The standard InChI is InChI=1S/C18H16N4O7S/c1-3-28-15-8-13(22(25)26)10(7-14(15)27-2)18(24)29-9-16(23)19-11-5-4-6-12-17(11)21-30-20-12/h4-8H,3,9H2,1-2H3,(H,19,23). The van der Waals surface area contributed by atoms with Gasteiger partial charge in [-0.3, -0.25) is 14.9 Å². The van der Waals surface area contributed by atoms with Gasteiger partial charge in [-0.05, 0) is 19.1 Å². The Morgan fingerprint density at radius 3 is 2.73 bits per heavy atom. The van der Waals surface area contributed by atoms with Gasteiger partial charge in [-0.1, -0.05) is 6.07 Å². The third-order valence-electron chi connectivity index (χ3n) is 3.89. The summed E-state index contributed by atoms with van der Waals surface area (Å²) in [5.41, 5.74) is 0.652. The number of rotatable bonds is 8. The summed E-state index contributed by atoms with van der Waals surface area (Å²) < 4.78 is 23.5. The molecule has 1 N–H and O–H groups in total. The van der Waals surface area contributed by atoms with Gasteiger partial charge in [-0.25, -0.2) is 4.79 Å². The molecule has 156 valence electrons. The monoisotopic (exact) mass is 432 g/mol. The van der Waals surface area contributed by atoms with Crippen LogP contribution in [0.1, 0.15) is 17.3 Å². The molecule has 0 bridgehead atoms. The van der Waals surface area contributed by atoms with Crippen LogP contribution in [-0.2, 0) is 9.53 Å². The molecule has 0 spiro atoms. The molecule has 0 radical (unpaired) electrons. The Kier molecular flexibility index (Phi) is 6.37. The van der Waals surface area contributed by atoms with E-state index < -0.39 is 29.1 Å². The van der Waals surface area contributed by atoms with Crippen LogP contribution in [0.25, 0.3) is 11.0 Å². The van der Waals surface area contributed by atoms with Gasteiger partial charge in [0.05, 0.1) is 42.1 Å². The highest BCUT2D eigenvalue weighted by Crippen LogP contribution is 2.35. The molecule has 0 unspecified atom stereocenters. The average molecular weight is 432 g/mol. The highest BCUT2D eigenvalue weighted by Gasteiger charge is 2.26. The third kappa shape index (κ3) is 4.43. The molecule has 1 amide bonds. The molecule has 0 aliphatic carbocycles. The van der Waals surface area contributed by atoms with Crippen LogP contribution < -0.4 is 14.8 Å². The maximum absolute atomic E-state index is 12.4. The number of ether oxygens (including phenoxy) is 3. The summed E-state index contributed by atoms with van der Waals surface area (Å²) in [5.74, 6) is -1.44. The lowest BCUT2D eigenvalue weighted by molar-refractivity contribution is -0.385. The van der Waals surface area contributed by atoms with Crippen LogP contribution in [0.3, 0.4) is 0 Å². The number of nitrogens with zero attached hydrogens (tertiary/aromatic N) is 3. The number of anilines is 1. The minimum atomic E-state index is -1.05. The quantitative estimate of drug-likeness (QED) is 0.323. The molecule has 3 aromatic rings. The van der Waals surface area contributed by atoms with Crippen molar-refractivity contribution in [2.24, 2.45) is 0 Å². The van der Waals surface area contributed by atoms with E-state index in [9.17, 15) is 19.7 Å². The van der Waals surface area contributed by atoms with Gasteiger partial charge in [0.1, 0.15) is 16.6 Å². The SMILES string of the molecule is CCOc1cc([N+](=O)[O-])c(C(=O)OCC(=O)Nc2cccc3nsnc23)cc1OC. The summed E-state index contributed by atoms with van der Waals surface area (Å²) in [7, 11) is 1.33. The Hall–Kier alpha value is -3.80. The summed E-state index contributed by atoms with van der Waals surface area (Å²) in [5, 5.41) is 13.9. The van der Waals surface area contributed by atoms with Crippen molar-refractivity contribution >= 4 is 46.0 Å². The van der Waals surface area contributed by atoms with Crippen molar-refractivity contribution in [3.05, 3.63) is 46.0 Å². The van der Waals surface area contributed by atoms with E-state index >= 15 is 0 Å². The average Bonchev–Trinajstić information content (AvgIpc) is 3.22. The van der Waals surface area contributed by atoms with Crippen molar-refractivity contribution in [3.63, 3.8) is 0 Å². The first kappa shape index (κ1) is 20.9. The number of nitrogens with one attached hydrogen (secondary N) is 1. The number of hydrogen-bond acceptors (Lipinski definition) is 10. The molecule has 0 aliphatic heterocycles. The summed E-state index contributed by atoms with van der Waals surface area (Å²) in [4.78, 5) is 35.2. The lowest BCUT2D eigenvalue weighted by Crippen LogP contribution is -2.21. The number of nitro groups is 1. The van der Waals surface area contributed by atoms with Crippen molar-refractivity contribution in [3.8, 4) is 11.5 Å². The van der Waals surface area contributed by atoms with Crippen LogP contribution in [-0.4, -0.2) is 45.9 Å². The van der Waals surface area contributed by atoms with Crippen molar-refractivity contribution in [2.45, 2.75) is 6.92 Å². The fourth-order valence-electron chi connectivity index (χ4n) is 2.59. The Balaban J connectivity index is 1.74. The molecule has 0 saturated heterocycles. The number of esters is 1. The summed E-state index contributed by atoms with van der Waals surface area (Å²) in [6, 6.07) is 7.29. The predicted molar refractivity (Wildman–Crippen MR) is 107 cm³/mol. The van der Waals surface area contributed by atoms with Gasteiger partial charge in [0, 0.05) is 6.07 Å². The second-order valence-corrected chi connectivity index (χ2v) is 6.30. The second kappa shape index (κ2) is 9.13. The normalized spacial score (nSPS) is 10.5. The molecule has 0 saturated carbocycles. The van der Waals surface area contributed by atoms with Crippen molar-refractivity contribution in [1.82, 2.24) is 8.75 Å². The van der Waals surface area contributed by atoms with E-state index in [1.54, 1.807) is 25.1 Å².